The molecule has 22 heavy (non-hydrogen) atoms. The molecule has 2 unspecified atom stereocenters. The molecule has 122 valence electrons. The smallest absolute Gasteiger partial charge is 0.117 e. The van der Waals surface area contributed by atoms with Gasteiger partial charge >= 0.3 is 0 Å². The number of aliphatic hydroxyl groups excluding tert-OH is 2. The van der Waals surface area contributed by atoms with Crippen LogP contribution in [0.25, 0.3) is 0 Å². The van der Waals surface area contributed by atoms with Crippen LogP contribution in [0, 0.1) is 34.5 Å². The molecule has 3 heteroatoms. The van der Waals surface area contributed by atoms with E-state index in [9.17, 15) is 10.2 Å². The normalized spacial score (nSPS) is 56.8. The zero-order valence-corrected chi connectivity index (χ0v) is 13.7. The van der Waals surface area contributed by atoms with E-state index >= 15 is 0 Å². The first-order valence-electron chi connectivity index (χ1n) is 8.86. The van der Waals surface area contributed by atoms with Crippen molar-refractivity contribution in [3.63, 3.8) is 0 Å². The lowest BCUT2D eigenvalue weighted by atomic mass is 9.45. The molecule has 0 amide bonds. The number of hydrogen-bond donors (Lipinski definition) is 3. The highest BCUT2D eigenvalue weighted by Gasteiger charge is 2.59. The zero-order chi connectivity index (χ0) is 15.7. The van der Waals surface area contributed by atoms with Gasteiger partial charge in [0, 0.05) is 6.04 Å². The fourth-order valence-corrected chi connectivity index (χ4v) is 6.37. The van der Waals surface area contributed by atoms with Gasteiger partial charge in [0.25, 0.3) is 0 Å². The van der Waals surface area contributed by atoms with Crippen LogP contribution < -0.4 is 5.73 Å². The fraction of sp³-hybridized carbons (Fsp3) is 0.789. The third-order valence-electron chi connectivity index (χ3n) is 7.70. The number of hydrogen-bond acceptors (Lipinski definition) is 3. The standard InChI is InChI=1S/C19H29NO2/c1-18-6-3-4-12(18)17-13(5-7-18)19(2)10-16(22)15(21)9-11(19)8-14(17)20/h3-4,9,11-14,16-17,21-22H,5-8,10,20H2,1-2H3/t11?,12-,13-,14-,16?,17-,18-,19-/m0/s1. The van der Waals surface area contributed by atoms with Crippen LogP contribution in [0.2, 0.25) is 0 Å². The molecule has 0 heterocycles. The van der Waals surface area contributed by atoms with Gasteiger partial charge in [0.15, 0.2) is 0 Å². The average Bonchev–Trinajstić information content (AvgIpc) is 2.84. The molecular weight excluding hydrogens is 274 g/mol. The second-order valence-electron chi connectivity index (χ2n) is 8.86. The van der Waals surface area contributed by atoms with Gasteiger partial charge < -0.3 is 15.9 Å². The molecule has 2 fully saturated rings. The lowest BCUT2D eigenvalue weighted by Gasteiger charge is -2.61. The fourth-order valence-electron chi connectivity index (χ4n) is 6.37. The van der Waals surface area contributed by atoms with E-state index in [-0.39, 0.29) is 17.2 Å². The van der Waals surface area contributed by atoms with Gasteiger partial charge in [-0.1, -0.05) is 26.0 Å². The van der Waals surface area contributed by atoms with E-state index in [1.54, 1.807) is 0 Å². The Kier molecular flexibility index (Phi) is 3.09. The monoisotopic (exact) mass is 303 g/mol. The van der Waals surface area contributed by atoms with E-state index in [0.29, 0.717) is 35.5 Å². The molecule has 0 saturated heterocycles. The Balaban J connectivity index is 1.73. The third-order valence-corrected chi connectivity index (χ3v) is 7.70. The molecule has 0 aromatic carbocycles. The quantitative estimate of drug-likeness (QED) is 0.602. The second kappa shape index (κ2) is 4.61. The number of fused-ring (bicyclic) bond motifs is 5. The maximum absolute atomic E-state index is 10.2. The molecule has 4 rings (SSSR count). The average molecular weight is 303 g/mol. The van der Waals surface area contributed by atoms with Gasteiger partial charge in [0.2, 0.25) is 0 Å². The molecule has 2 saturated carbocycles. The van der Waals surface area contributed by atoms with Gasteiger partial charge in [0.05, 0.1) is 0 Å². The van der Waals surface area contributed by atoms with Gasteiger partial charge in [-0.3, -0.25) is 0 Å². The van der Waals surface area contributed by atoms with E-state index in [1.165, 1.54) is 19.3 Å². The summed E-state index contributed by atoms with van der Waals surface area (Å²) >= 11 is 0. The minimum atomic E-state index is -0.691. The van der Waals surface area contributed by atoms with Crippen molar-refractivity contribution in [3.05, 3.63) is 24.0 Å². The van der Waals surface area contributed by atoms with Crippen LogP contribution in [0.4, 0.5) is 0 Å². The molecule has 0 aromatic heterocycles. The summed E-state index contributed by atoms with van der Waals surface area (Å²) in [5.41, 5.74) is 7.11. The van der Waals surface area contributed by atoms with Crippen molar-refractivity contribution in [1.82, 2.24) is 0 Å². The summed E-state index contributed by atoms with van der Waals surface area (Å²) in [7, 11) is 0. The van der Waals surface area contributed by atoms with Gasteiger partial charge in [-0.05, 0) is 72.7 Å². The molecule has 0 spiro atoms. The van der Waals surface area contributed by atoms with Crippen molar-refractivity contribution in [2.45, 2.75) is 58.1 Å². The van der Waals surface area contributed by atoms with Gasteiger partial charge in [-0.25, -0.2) is 0 Å². The summed E-state index contributed by atoms with van der Waals surface area (Å²) in [6.07, 6.45) is 11.3. The Morgan fingerprint density at radius 1 is 1.32 bits per heavy atom. The van der Waals surface area contributed by atoms with E-state index in [4.69, 9.17) is 5.73 Å². The van der Waals surface area contributed by atoms with Crippen molar-refractivity contribution in [1.29, 1.82) is 0 Å². The summed E-state index contributed by atoms with van der Waals surface area (Å²) in [5.74, 6) is 2.15. The Bertz CT molecular complexity index is 542. The second-order valence-corrected chi connectivity index (χ2v) is 8.86. The van der Waals surface area contributed by atoms with Crippen LogP contribution in [-0.2, 0) is 0 Å². The molecule has 4 aliphatic carbocycles. The van der Waals surface area contributed by atoms with E-state index in [1.807, 2.05) is 6.08 Å². The molecule has 3 nitrogen and oxygen atoms in total. The summed E-state index contributed by atoms with van der Waals surface area (Å²) in [6, 6.07) is 0.203. The van der Waals surface area contributed by atoms with Crippen LogP contribution in [-0.4, -0.2) is 22.4 Å². The van der Waals surface area contributed by atoms with Crippen molar-refractivity contribution >= 4 is 0 Å². The van der Waals surface area contributed by atoms with Gasteiger partial charge in [-0.15, -0.1) is 0 Å². The Labute approximate surface area is 133 Å². The minimum absolute atomic E-state index is 0.0734. The van der Waals surface area contributed by atoms with E-state index in [0.717, 1.165) is 6.42 Å². The summed E-state index contributed by atoms with van der Waals surface area (Å²) in [4.78, 5) is 0. The minimum Gasteiger partial charge on any atom is -0.510 e. The maximum Gasteiger partial charge on any atom is 0.117 e. The topological polar surface area (TPSA) is 66.5 Å². The van der Waals surface area contributed by atoms with Crippen molar-refractivity contribution in [2.75, 3.05) is 0 Å². The Morgan fingerprint density at radius 3 is 2.86 bits per heavy atom. The van der Waals surface area contributed by atoms with Crippen molar-refractivity contribution in [2.24, 2.45) is 40.2 Å². The van der Waals surface area contributed by atoms with Gasteiger partial charge in [0.1, 0.15) is 11.9 Å². The van der Waals surface area contributed by atoms with E-state index < -0.39 is 6.10 Å². The lowest BCUT2D eigenvalue weighted by molar-refractivity contribution is -0.101. The third kappa shape index (κ3) is 1.81. The highest BCUT2D eigenvalue weighted by Crippen LogP contribution is 2.64. The summed E-state index contributed by atoms with van der Waals surface area (Å²) < 4.78 is 0. The first-order valence-corrected chi connectivity index (χ1v) is 8.86. The molecular formula is C19H29NO2. The number of rotatable bonds is 0. The predicted octanol–water partition coefficient (Wildman–Crippen LogP) is 3.16. The number of nitrogens with two attached hydrogens (primary N) is 1. The van der Waals surface area contributed by atoms with Crippen LogP contribution in [0.3, 0.4) is 0 Å². The number of aliphatic hydroxyl groups is 2. The summed E-state index contributed by atoms with van der Waals surface area (Å²) in [6.45, 7) is 4.76. The van der Waals surface area contributed by atoms with Crippen LogP contribution in [0.5, 0.6) is 0 Å². The van der Waals surface area contributed by atoms with Crippen LogP contribution in [0.1, 0.15) is 46.0 Å². The largest absolute Gasteiger partial charge is 0.510 e. The molecule has 0 aromatic rings. The Morgan fingerprint density at radius 2 is 2.09 bits per heavy atom. The molecule has 8 atom stereocenters. The first kappa shape index (κ1) is 14.8. The van der Waals surface area contributed by atoms with E-state index in [2.05, 4.69) is 26.0 Å². The molecule has 0 aliphatic heterocycles. The Hall–Kier alpha value is -0.800. The summed E-state index contributed by atoms with van der Waals surface area (Å²) in [5, 5.41) is 20.2. The number of allylic oxidation sites excluding steroid dienone is 3. The van der Waals surface area contributed by atoms with Crippen molar-refractivity contribution in [3.8, 4) is 0 Å². The lowest BCUT2D eigenvalue weighted by Crippen LogP contribution is -2.59. The molecule has 4 N–H and O–H groups in total. The van der Waals surface area contributed by atoms with Crippen LogP contribution in [0.15, 0.2) is 24.0 Å². The van der Waals surface area contributed by atoms with Crippen LogP contribution >= 0.6 is 0 Å². The first-order chi connectivity index (χ1) is 10.3. The predicted molar refractivity (Wildman–Crippen MR) is 87.1 cm³/mol. The van der Waals surface area contributed by atoms with Crippen molar-refractivity contribution < 1.29 is 10.2 Å². The van der Waals surface area contributed by atoms with Gasteiger partial charge in [-0.2, -0.15) is 0 Å². The highest BCUT2D eigenvalue weighted by atomic mass is 16.3. The maximum atomic E-state index is 10.2. The zero-order valence-electron chi connectivity index (χ0n) is 13.7. The molecule has 4 aliphatic rings. The molecule has 0 radical (unpaired) electrons. The molecule has 0 bridgehead atoms. The SMILES string of the molecule is C[C@@]12CC=C[C@H]1[C@@H]1[C@@H](N)CC3C=C(O)C(O)C[C@]3(C)[C@H]1CC2. The highest BCUT2D eigenvalue weighted by molar-refractivity contribution is 5.22.